The summed E-state index contributed by atoms with van der Waals surface area (Å²) in [5.74, 6) is 1.33. The summed E-state index contributed by atoms with van der Waals surface area (Å²) in [5, 5.41) is 4.84. The topological polar surface area (TPSA) is 90.4 Å². The highest BCUT2D eigenvalue weighted by Crippen LogP contribution is 2.41. The summed E-state index contributed by atoms with van der Waals surface area (Å²) in [6.45, 7) is 0.489. The molecular weight excluding hydrogens is 537 g/mol. The van der Waals surface area contributed by atoms with Crippen molar-refractivity contribution in [3.05, 3.63) is 75.6 Å². The molecule has 5 rings (SSSR count). The van der Waals surface area contributed by atoms with Crippen LogP contribution in [0.2, 0.25) is 5.02 Å². The van der Waals surface area contributed by atoms with E-state index in [0.29, 0.717) is 23.1 Å². The van der Waals surface area contributed by atoms with Crippen molar-refractivity contribution in [1.29, 1.82) is 0 Å². The number of rotatable bonds is 9. The molecule has 1 N–H and O–H groups in total. The lowest BCUT2D eigenvalue weighted by atomic mass is 9.86. The van der Waals surface area contributed by atoms with Crippen molar-refractivity contribution in [3.63, 3.8) is 0 Å². The van der Waals surface area contributed by atoms with Gasteiger partial charge in [-0.25, -0.2) is 14.4 Å². The zero-order chi connectivity index (χ0) is 26.0. The van der Waals surface area contributed by atoms with Crippen molar-refractivity contribution in [2.75, 3.05) is 18.2 Å². The van der Waals surface area contributed by atoms with Crippen LogP contribution in [0.15, 0.2) is 48.8 Å². The van der Waals surface area contributed by atoms with Gasteiger partial charge in [-0.05, 0) is 73.1 Å². The highest BCUT2D eigenvalue weighted by atomic mass is 35.5. The van der Waals surface area contributed by atoms with E-state index in [9.17, 15) is 12.8 Å². The Kier molecular flexibility index (Phi) is 7.62. The Labute approximate surface area is 223 Å². The van der Waals surface area contributed by atoms with Gasteiger partial charge in [-0.2, -0.15) is 8.42 Å². The van der Waals surface area contributed by atoms with Gasteiger partial charge in [0.1, 0.15) is 35.1 Å². The Morgan fingerprint density at radius 3 is 2.76 bits per heavy atom. The monoisotopic (exact) mass is 561 g/mol. The number of benzene rings is 2. The summed E-state index contributed by atoms with van der Waals surface area (Å²) in [5.41, 5.74) is 2.86. The van der Waals surface area contributed by atoms with Crippen LogP contribution in [0.25, 0.3) is 10.2 Å². The standard InChI is InChI=1S/C26H25ClFN3O4S2/c1-37(32,33)35-11-10-16-4-8-20-23(12-16)36-26-24(20)25(29-15-30-26)31-19-7-9-22(21(27)13-19)34-14-17-2-5-18(28)6-3-17/h2-3,5-7,9,13,15-16H,4,8,10-12,14H2,1H3,(H,29,30,31). The molecule has 4 aromatic rings. The Hall–Kier alpha value is -2.79. The summed E-state index contributed by atoms with van der Waals surface area (Å²) in [7, 11) is -3.42. The molecule has 1 unspecified atom stereocenters. The molecule has 1 aliphatic rings. The maximum absolute atomic E-state index is 13.1. The van der Waals surface area contributed by atoms with Crippen molar-refractivity contribution in [2.45, 2.75) is 32.3 Å². The number of anilines is 2. The summed E-state index contributed by atoms with van der Waals surface area (Å²) in [6.07, 6.45) is 6.02. The smallest absolute Gasteiger partial charge is 0.264 e. The summed E-state index contributed by atoms with van der Waals surface area (Å²) in [6, 6.07) is 11.6. The van der Waals surface area contributed by atoms with Crippen molar-refractivity contribution in [3.8, 4) is 5.75 Å². The van der Waals surface area contributed by atoms with Crippen LogP contribution in [-0.4, -0.2) is 31.2 Å². The molecule has 0 fully saturated rings. The fourth-order valence-electron chi connectivity index (χ4n) is 4.46. The summed E-state index contributed by atoms with van der Waals surface area (Å²) < 4.78 is 46.3. The van der Waals surface area contributed by atoms with E-state index in [-0.39, 0.29) is 19.0 Å². The molecule has 0 saturated heterocycles. The van der Waals surface area contributed by atoms with Crippen molar-refractivity contribution in [2.24, 2.45) is 5.92 Å². The minimum atomic E-state index is -3.42. The second kappa shape index (κ2) is 10.9. The molecule has 2 aromatic carbocycles. The molecular formula is C26H25ClFN3O4S2. The van der Waals surface area contributed by atoms with Gasteiger partial charge in [-0.1, -0.05) is 23.7 Å². The Bertz CT molecular complexity index is 1530. The minimum Gasteiger partial charge on any atom is -0.487 e. The summed E-state index contributed by atoms with van der Waals surface area (Å²) >= 11 is 8.14. The number of nitrogens with one attached hydrogen (secondary N) is 1. The van der Waals surface area contributed by atoms with E-state index in [0.717, 1.165) is 52.8 Å². The first kappa shape index (κ1) is 25.8. The molecule has 2 aromatic heterocycles. The van der Waals surface area contributed by atoms with Gasteiger partial charge in [-0.3, -0.25) is 4.18 Å². The zero-order valence-electron chi connectivity index (χ0n) is 20.0. The van der Waals surface area contributed by atoms with Crippen LogP contribution < -0.4 is 10.1 Å². The van der Waals surface area contributed by atoms with Crippen LogP contribution in [0, 0.1) is 11.7 Å². The van der Waals surface area contributed by atoms with Gasteiger partial charge in [0.15, 0.2) is 0 Å². The van der Waals surface area contributed by atoms with Crippen LogP contribution >= 0.6 is 22.9 Å². The summed E-state index contributed by atoms with van der Waals surface area (Å²) in [4.78, 5) is 11.2. The van der Waals surface area contributed by atoms with Crippen LogP contribution in [-0.2, 0) is 33.7 Å². The second-order valence-electron chi connectivity index (χ2n) is 9.02. The maximum Gasteiger partial charge on any atom is 0.264 e. The molecule has 194 valence electrons. The third-order valence-electron chi connectivity index (χ3n) is 6.27. The number of aromatic nitrogens is 2. The number of fused-ring (bicyclic) bond motifs is 3. The average molecular weight is 562 g/mol. The molecule has 0 spiro atoms. The van der Waals surface area contributed by atoms with Crippen LogP contribution in [0.1, 0.15) is 28.8 Å². The number of thiophene rings is 1. The van der Waals surface area contributed by atoms with E-state index in [1.165, 1.54) is 22.6 Å². The Balaban J connectivity index is 1.29. The van der Waals surface area contributed by atoms with E-state index >= 15 is 0 Å². The number of nitrogens with zero attached hydrogens (tertiary/aromatic N) is 2. The van der Waals surface area contributed by atoms with E-state index < -0.39 is 10.1 Å². The van der Waals surface area contributed by atoms with Gasteiger partial charge in [0.25, 0.3) is 10.1 Å². The fourth-order valence-corrected chi connectivity index (χ4v) is 6.40. The van der Waals surface area contributed by atoms with Crippen LogP contribution in [0.4, 0.5) is 15.9 Å². The largest absolute Gasteiger partial charge is 0.487 e. The lowest BCUT2D eigenvalue weighted by Crippen LogP contribution is -2.16. The predicted molar refractivity (Wildman–Crippen MR) is 144 cm³/mol. The lowest BCUT2D eigenvalue weighted by molar-refractivity contribution is 0.274. The van der Waals surface area contributed by atoms with E-state index in [1.54, 1.807) is 41.9 Å². The number of aryl methyl sites for hydroxylation is 1. The van der Waals surface area contributed by atoms with Crippen molar-refractivity contribution >= 4 is 54.8 Å². The van der Waals surface area contributed by atoms with Gasteiger partial charge >= 0.3 is 0 Å². The first-order chi connectivity index (χ1) is 17.7. The van der Waals surface area contributed by atoms with Gasteiger partial charge in [0, 0.05) is 10.6 Å². The van der Waals surface area contributed by atoms with Gasteiger partial charge in [0.2, 0.25) is 0 Å². The quantitative estimate of drug-likeness (QED) is 0.241. The normalized spacial score (nSPS) is 15.5. The van der Waals surface area contributed by atoms with E-state index in [1.807, 2.05) is 6.07 Å². The second-order valence-corrected chi connectivity index (χ2v) is 12.1. The zero-order valence-corrected chi connectivity index (χ0v) is 22.4. The Morgan fingerprint density at radius 1 is 1.19 bits per heavy atom. The van der Waals surface area contributed by atoms with Crippen molar-refractivity contribution in [1.82, 2.24) is 9.97 Å². The number of ether oxygens (including phenoxy) is 1. The van der Waals surface area contributed by atoms with Crippen LogP contribution in [0.5, 0.6) is 5.75 Å². The molecule has 0 amide bonds. The molecule has 7 nitrogen and oxygen atoms in total. The van der Waals surface area contributed by atoms with E-state index in [4.69, 9.17) is 20.5 Å². The molecule has 1 aliphatic carbocycles. The SMILES string of the molecule is CS(=O)(=O)OCCC1CCc2c(sc3ncnc(Nc4ccc(OCc5ccc(F)cc5)c(Cl)c4)c23)C1. The van der Waals surface area contributed by atoms with E-state index in [2.05, 4.69) is 15.3 Å². The van der Waals surface area contributed by atoms with Gasteiger partial charge in [0.05, 0.1) is 23.3 Å². The first-order valence-electron chi connectivity index (χ1n) is 11.8. The molecule has 11 heteroatoms. The number of halogens is 2. The lowest BCUT2D eigenvalue weighted by Gasteiger charge is -2.22. The fraction of sp³-hybridized carbons (Fsp3) is 0.308. The average Bonchev–Trinajstić information content (AvgIpc) is 3.22. The minimum absolute atomic E-state index is 0.209. The molecule has 1 atom stereocenters. The maximum atomic E-state index is 13.1. The number of hydrogen-bond donors (Lipinski definition) is 1. The number of hydrogen-bond acceptors (Lipinski definition) is 8. The highest BCUT2D eigenvalue weighted by Gasteiger charge is 2.25. The predicted octanol–water partition coefficient (Wildman–Crippen LogP) is 6.28. The highest BCUT2D eigenvalue weighted by molar-refractivity contribution is 7.85. The van der Waals surface area contributed by atoms with Crippen molar-refractivity contribution < 1.29 is 21.7 Å². The van der Waals surface area contributed by atoms with Gasteiger partial charge in [-0.15, -0.1) is 11.3 Å². The molecule has 0 saturated carbocycles. The Morgan fingerprint density at radius 2 is 2.00 bits per heavy atom. The third kappa shape index (κ3) is 6.38. The molecule has 0 aliphatic heterocycles. The molecule has 0 radical (unpaired) electrons. The first-order valence-corrected chi connectivity index (χ1v) is 14.8. The third-order valence-corrected chi connectivity index (χ3v) is 8.33. The van der Waals surface area contributed by atoms with Crippen LogP contribution in [0.3, 0.4) is 0 Å². The molecule has 0 bridgehead atoms. The molecule has 2 heterocycles. The van der Waals surface area contributed by atoms with Gasteiger partial charge < -0.3 is 10.1 Å². The molecule has 37 heavy (non-hydrogen) atoms.